The molecule has 0 saturated carbocycles. The molecule has 0 amide bonds. The minimum atomic E-state index is -0.464. The van der Waals surface area contributed by atoms with Crippen LogP contribution in [0.3, 0.4) is 0 Å². The first kappa shape index (κ1) is 15.1. The van der Waals surface area contributed by atoms with Gasteiger partial charge in [-0.25, -0.2) is 0 Å². The second kappa shape index (κ2) is 8.12. The van der Waals surface area contributed by atoms with Crippen LogP contribution in [-0.2, 0) is 0 Å². The smallest absolute Gasteiger partial charge is 0.0914 e. The van der Waals surface area contributed by atoms with Crippen molar-refractivity contribution in [2.24, 2.45) is 0 Å². The highest BCUT2D eigenvalue weighted by Gasteiger charge is 2.10. The number of halogens is 1. The lowest BCUT2D eigenvalue weighted by Crippen LogP contribution is -2.38. The summed E-state index contributed by atoms with van der Waals surface area (Å²) in [6.45, 7) is 4.95. The number of rotatable bonds is 6. The normalized spacial score (nSPS) is 18.4. The van der Waals surface area contributed by atoms with Gasteiger partial charge < -0.3 is 15.3 Å². The Labute approximate surface area is 124 Å². The van der Waals surface area contributed by atoms with Crippen molar-refractivity contribution in [2.45, 2.75) is 6.10 Å². The van der Waals surface area contributed by atoms with Crippen molar-refractivity contribution >= 4 is 23.4 Å². The average molecular weight is 301 g/mol. The molecule has 1 aromatic carbocycles. The van der Waals surface area contributed by atoms with Crippen LogP contribution in [-0.4, -0.2) is 54.2 Å². The van der Waals surface area contributed by atoms with E-state index in [1.165, 1.54) is 24.6 Å². The topological polar surface area (TPSA) is 35.5 Å². The van der Waals surface area contributed by atoms with Gasteiger partial charge in [-0.05, 0) is 17.7 Å². The van der Waals surface area contributed by atoms with E-state index in [1.807, 2.05) is 36.0 Å². The summed E-state index contributed by atoms with van der Waals surface area (Å²) in [7, 11) is 0. The van der Waals surface area contributed by atoms with Crippen LogP contribution in [0.1, 0.15) is 11.7 Å². The molecule has 1 aromatic rings. The first-order chi connectivity index (χ1) is 9.25. The Hall–Kier alpha value is -0.260. The lowest BCUT2D eigenvalue weighted by Gasteiger charge is -2.26. The van der Waals surface area contributed by atoms with Gasteiger partial charge in [-0.2, -0.15) is 11.8 Å². The summed E-state index contributed by atoms with van der Waals surface area (Å²) in [6, 6.07) is 7.37. The van der Waals surface area contributed by atoms with Crippen LogP contribution in [0.5, 0.6) is 0 Å². The van der Waals surface area contributed by atoms with Crippen LogP contribution < -0.4 is 5.32 Å². The predicted octanol–water partition coefficient (Wildman–Crippen LogP) is 2.01. The van der Waals surface area contributed by atoms with E-state index in [9.17, 15) is 5.11 Å². The molecule has 1 aliphatic heterocycles. The second-order valence-electron chi connectivity index (χ2n) is 4.73. The van der Waals surface area contributed by atoms with Crippen LogP contribution in [0.15, 0.2) is 24.3 Å². The van der Waals surface area contributed by atoms with Crippen LogP contribution in [0.25, 0.3) is 0 Å². The van der Waals surface area contributed by atoms with Gasteiger partial charge in [-0.3, -0.25) is 0 Å². The summed E-state index contributed by atoms with van der Waals surface area (Å²) in [6.07, 6.45) is -0.464. The van der Waals surface area contributed by atoms with Gasteiger partial charge in [0.05, 0.1) is 6.10 Å². The van der Waals surface area contributed by atoms with Gasteiger partial charge in [0.2, 0.25) is 0 Å². The molecule has 2 N–H and O–H groups in total. The highest BCUT2D eigenvalue weighted by Crippen LogP contribution is 2.15. The molecule has 106 valence electrons. The van der Waals surface area contributed by atoms with Crippen molar-refractivity contribution < 1.29 is 5.11 Å². The number of nitrogens with one attached hydrogen (secondary N) is 1. The lowest BCUT2D eigenvalue weighted by molar-refractivity contribution is 0.172. The van der Waals surface area contributed by atoms with Crippen LogP contribution in [0.4, 0.5) is 0 Å². The third-order valence-corrected chi connectivity index (χ3v) is 4.50. The monoisotopic (exact) mass is 300 g/mol. The Morgan fingerprint density at radius 3 is 2.63 bits per heavy atom. The predicted molar refractivity (Wildman–Crippen MR) is 83.0 cm³/mol. The molecule has 1 saturated heterocycles. The van der Waals surface area contributed by atoms with Crippen LogP contribution in [0.2, 0.25) is 5.02 Å². The van der Waals surface area contributed by atoms with Gasteiger partial charge in [-0.15, -0.1) is 0 Å². The summed E-state index contributed by atoms with van der Waals surface area (Å²) in [5.41, 5.74) is 0.909. The average Bonchev–Trinajstić information content (AvgIpc) is 2.45. The van der Waals surface area contributed by atoms with E-state index >= 15 is 0 Å². The molecule has 0 aliphatic carbocycles. The minimum absolute atomic E-state index is 0.464. The molecule has 0 spiro atoms. The Balaban J connectivity index is 1.63. The minimum Gasteiger partial charge on any atom is -0.387 e. The third kappa shape index (κ3) is 5.32. The van der Waals surface area contributed by atoms with E-state index in [0.29, 0.717) is 11.6 Å². The van der Waals surface area contributed by atoms with E-state index in [4.69, 9.17) is 11.6 Å². The molecular formula is C14H21ClN2OS. The zero-order valence-electron chi connectivity index (χ0n) is 11.0. The van der Waals surface area contributed by atoms with Gasteiger partial charge in [0, 0.05) is 49.3 Å². The maximum absolute atomic E-state index is 10.0. The molecule has 1 fully saturated rings. The van der Waals surface area contributed by atoms with Gasteiger partial charge >= 0.3 is 0 Å². The molecule has 5 heteroatoms. The van der Waals surface area contributed by atoms with Crippen molar-refractivity contribution in [1.82, 2.24) is 10.2 Å². The Bertz CT molecular complexity index is 368. The van der Waals surface area contributed by atoms with Gasteiger partial charge in [0.1, 0.15) is 0 Å². The van der Waals surface area contributed by atoms with Crippen molar-refractivity contribution in [2.75, 3.05) is 44.2 Å². The molecule has 1 heterocycles. The molecule has 1 aliphatic rings. The molecule has 1 atom stereocenters. The number of aliphatic hydroxyl groups is 1. The number of thioether (sulfide) groups is 1. The zero-order valence-corrected chi connectivity index (χ0v) is 12.6. The molecular weight excluding hydrogens is 280 g/mol. The number of nitrogens with zero attached hydrogens (tertiary/aromatic N) is 1. The van der Waals surface area contributed by atoms with E-state index in [-0.39, 0.29) is 0 Å². The van der Waals surface area contributed by atoms with E-state index in [0.717, 1.165) is 18.7 Å². The first-order valence-electron chi connectivity index (χ1n) is 6.70. The fourth-order valence-corrected chi connectivity index (χ4v) is 3.21. The van der Waals surface area contributed by atoms with E-state index in [1.54, 1.807) is 0 Å². The maximum Gasteiger partial charge on any atom is 0.0914 e. The zero-order chi connectivity index (χ0) is 13.5. The molecule has 3 nitrogen and oxygen atoms in total. The second-order valence-corrected chi connectivity index (χ2v) is 6.39. The van der Waals surface area contributed by atoms with Crippen molar-refractivity contribution in [1.29, 1.82) is 0 Å². The fraction of sp³-hybridized carbons (Fsp3) is 0.571. The summed E-state index contributed by atoms with van der Waals surface area (Å²) < 4.78 is 0. The van der Waals surface area contributed by atoms with Crippen molar-refractivity contribution in [3.63, 3.8) is 0 Å². The largest absolute Gasteiger partial charge is 0.387 e. The number of hydrogen-bond donors (Lipinski definition) is 2. The SMILES string of the molecule is OC(CNCCN1CCSCC1)c1ccc(Cl)cc1. The molecule has 2 rings (SSSR count). The van der Waals surface area contributed by atoms with Gasteiger partial charge in [0.15, 0.2) is 0 Å². The number of hydrogen-bond acceptors (Lipinski definition) is 4. The van der Waals surface area contributed by atoms with Crippen LogP contribution in [0, 0.1) is 0 Å². The summed E-state index contributed by atoms with van der Waals surface area (Å²) in [5.74, 6) is 2.49. The quantitative estimate of drug-likeness (QED) is 0.788. The van der Waals surface area contributed by atoms with Crippen molar-refractivity contribution in [3.05, 3.63) is 34.9 Å². The Morgan fingerprint density at radius 2 is 1.95 bits per heavy atom. The highest BCUT2D eigenvalue weighted by atomic mass is 35.5. The van der Waals surface area contributed by atoms with Gasteiger partial charge in [0.25, 0.3) is 0 Å². The lowest BCUT2D eigenvalue weighted by atomic mass is 10.1. The third-order valence-electron chi connectivity index (χ3n) is 3.30. The Morgan fingerprint density at radius 1 is 1.26 bits per heavy atom. The summed E-state index contributed by atoms with van der Waals surface area (Å²) in [5, 5.41) is 14.0. The van der Waals surface area contributed by atoms with E-state index < -0.39 is 6.10 Å². The van der Waals surface area contributed by atoms with Gasteiger partial charge in [-0.1, -0.05) is 23.7 Å². The molecule has 0 radical (unpaired) electrons. The summed E-state index contributed by atoms with van der Waals surface area (Å²) in [4.78, 5) is 2.47. The molecule has 19 heavy (non-hydrogen) atoms. The summed E-state index contributed by atoms with van der Waals surface area (Å²) >= 11 is 7.85. The molecule has 0 aromatic heterocycles. The standard InChI is InChI=1S/C14H21ClN2OS/c15-13-3-1-12(2-4-13)14(18)11-16-5-6-17-7-9-19-10-8-17/h1-4,14,16,18H,5-11H2. The van der Waals surface area contributed by atoms with Crippen molar-refractivity contribution in [3.8, 4) is 0 Å². The number of benzene rings is 1. The fourth-order valence-electron chi connectivity index (χ4n) is 2.10. The van der Waals surface area contributed by atoms with Crippen LogP contribution >= 0.6 is 23.4 Å². The molecule has 0 bridgehead atoms. The molecule has 1 unspecified atom stereocenters. The van der Waals surface area contributed by atoms with E-state index in [2.05, 4.69) is 10.2 Å². The highest BCUT2D eigenvalue weighted by molar-refractivity contribution is 7.99. The Kier molecular flexibility index (Phi) is 6.47. The maximum atomic E-state index is 10.0. The number of aliphatic hydroxyl groups excluding tert-OH is 1. The first-order valence-corrected chi connectivity index (χ1v) is 8.23.